The Labute approximate surface area is 113 Å². The lowest BCUT2D eigenvalue weighted by Crippen LogP contribution is -2.36. The zero-order valence-corrected chi connectivity index (χ0v) is 11.5. The maximum atomic E-state index is 11.0. The summed E-state index contributed by atoms with van der Waals surface area (Å²) < 4.78 is 11.1. The van der Waals surface area contributed by atoms with E-state index in [0.29, 0.717) is 13.2 Å². The number of benzene rings is 1. The minimum atomic E-state index is -0.435. The van der Waals surface area contributed by atoms with E-state index < -0.39 is 4.92 Å². The number of methoxy groups -OCH3 is 1. The van der Waals surface area contributed by atoms with Crippen LogP contribution < -0.4 is 9.64 Å². The van der Waals surface area contributed by atoms with Gasteiger partial charge in [0.2, 0.25) is 0 Å². The van der Waals surface area contributed by atoms with Gasteiger partial charge in [-0.15, -0.1) is 0 Å². The van der Waals surface area contributed by atoms with Crippen LogP contribution in [0.4, 0.5) is 11.4 Å². The number of hydrogen-bond acceptors (Lipinski definition) is 5. The van der Waals surface area contributed by atoms with Crippen molar-refractivity contribution < 1.29 is 14.4 Å². The van der Waals surface area contributed by atoms with E-state index in [4.69, 9.17) is 9.47 Å². The molecule has 0 bridgehead atoms. The lowest BCUT2D eigenvalue weighted by Gasteiger charge is -2.29. The normalized spacial score (nSPS) is 15.6. The second-order valence-electron chi connectivity index (χ2n) is 3.83. The SMILES string of the molecule is COc1cc(Br)c(N2CCOCC2)cc1[N+](=O)[O-]. The number of nitro benzene ring substituents is 1. The van der Waals surface area contributed by atoms with Gasteiger partial charge >= 0.3 is 5.69 Å². The number of anilines is 1. The first kappa shape index (κ1) is 13.1. The first-order valence-corrected chi connectivity index (χ1v) is 6.27. The van der Waals surface area contributed by atoms with E-state index in [-0.39, 0.29) is 11.4 Å². The molecule has 1 aromatic carbocycles. The first-order valence-electron chi connectivity index (χ1n) is 5.48. The highest BCUT2D eigenvalue weighted by molar-refractivity contribution is 9.10. The molecule has 1 aliphatic heterocycles. The van der Waals surface area contributed by atoms with Crippen molar-refractivity contribution >= 4 is 27.3 Å². The summed E-state index contributed by atoms with van der Waals surface area (Å²) in [5, 5.41) is 11.0. The van der Waals surface area contributed by atoms with Gasteiger partial charge in [0.1, 0.15) is 0 Å². The van der Waals surface area contributed by atoms with Crippen molar-refractivity contribution in [1.29, 1.82) is 0 Å². The fourth-order valence-electron chi connectivity index (χ4n) is 1.89. The summed E-state index contributed by atoms with van der Waals surface area (Å²) in [5.74, 6) is 0.254. The fraction of sp³-hybridized carbons (Fsp3) is 0.455. The van der Waals surface area contributed by atoms with Crippen molar-refractivity contribution in [1.82, 2.24) is 0 Å². The van der Waals surface area contributed by atoms with Gasteiger partial charge in [-0.05, 0) is 15.9 Å². The van der Waals surface area contributed by atoms with Crippen molar-refractivity contribution in [3.05, 3.63) is 26.7 Å². The van der Waals surface area contributed by atoms with Crippen LogP contribution in [0.25, 0.3) is 0 Å². The maximum absolute atomic E-state index is 11.0. The van der Waals surface area contributed by atoms with E-state index in [9.17, 15) is 10.1 Å². The quantitative estimate of drug-likeness (QED) is 0.632. The minimum absolute atomic E-state index is 0.0257. The van der Waals surface area contributed by atoms with Crippen LogP contribution in [0.3, 0.4) is 0 Å². The van der Waals surface area contributed by atoms with Crippen LogP contribution in [0.15, 0.2) is 16.6 Å². The summed E-state index contributed by atoms with van der Waals surface area (Å²) in [6.07, 6.45) is 0. The van der Waals surface area contributed by atoms with E-state index in [0.717, 1.165) is 23.2 Å². The number of rotatable bonds is 3. The molecule has 0 aliphatic carbocycles. The van der Waals surface area contributed by atoms with Gasteiger partial charge in [0.25, 0.3) is 0 Å². The molecule has 2 rings (SSSR count). The summed E-state index contributed by atoms with van der Waals surface area (Å²) in [6.45, 7) is 2.71. The van der Waals surface area contributed by atoms with Gasteiger partial charge < -0.3 is 14.4 Å². The van der Waals surface area contributed by atoms with Gasteiger partial charge in [-0.3, -0.25) is 10.1 Å². The summed E-state index contributed by atoms with van der Waals surface area (Å²) >= 11 is 3.42. The second-order valence-corrected chi connectivity index (χ2v) is 4.69. The molecule has 0 spiro atoms. The lowest BCUT2D eigenvalue weighted by molar-refractivity contribution is -0.385. The highest BCUT2D eigenvalue weighted by atomic mass is 79.9. The summed E-state index contributed by atoms with van der Waals surface area (Å²) in [6, 6.07) is 3.16. The molecule has 18 heavy (non-hydrogen) atoms. The Morgan fingerprint density at radius 3 is 2.67 bits per heavy atom. The number of halogens is 1. The van der Waals surface area contributed by atoms with Gasteiger partial charge in [0, 0.05) is 29.7 Å². The Hall–Kier alpha value is -1.34. The Bertz CT molecular complexity index is 461. The molecule has 0 saturated carbocycles. The van der Waals surface area contributed by atoms with Crippen LogP contribution >= 0.6 is 15.9 Å². The van der Waals surface area contributed by atoms with E-state index in [1.54, 1.807) is 6.07 Å². The lowest BCUT2D eigenvalue weighted by atomic mass is 10.2. The Morgan fingerprint density at radius 2 is 2.11 bits per heavy atom. The van der Waals surface area contributed by atoms with Crippen molar-refractivity contribution in [3.63, 3.8) is 0 Å². The Balaban J connectivity index is 2.40. The molecule has 0 radical (unpaired) electrons. The highest BCUT2D eigenvalue weighted by Crippen LogP contribution is 2.38. The van der Waals surface area contributed by atoms with Gasteiger partial charge in [0.05, 0.1) is 30.9 Å². The molecule has 98 valence electrons. The zero-order chi connectivity index (χ0) is 13.1. The molecule has 1 aromatic rings. The van der Waals surface area contributed by atoms with Gasteiger partial charge in [-0.2, -0.15) is 0 Å². The molecule has 0 amide bonds. The summed E-state index contributed by atoms with van der Waals surface area (Å²) in [5.41, 5.74) is 0.771. The fourth-order valence-corrected chi connectivity index (χ4v) is 2.46. The molecule has 0 unspecified atom stereocenters. The zero-order valence-electron chi connectivity index (χ0n) is 9.89. The van der Waals surface area contributed by atoms with Crippen LogP contribution in [-0.2, 0) is 4.74 Å². The minimum Gasteiger partial charge on any atom is -0.490 e. The summed E-state index contributed by atoms with van der Waals surface area (Å²) in [7, 11) is 1.42. The molecule has 1 saturated heterocycles. The van der Waals surface area contributed by atoms with Crippen LogP contribution in [0.1, 0.15) is 0 Å². The third-order valence-electron chi connectivity index (χ3n) is 2.80. The van der Waals surface area contributed by atoms with Crippen molar-refractivity contribution in [3.8, 4) is 5.75 Å². The number of ether oxygens (including phenoxy) is 2. The van der Waals surface area contributed by atoms with Crippen molar-refractivity contribution in [2.75, 3.05) is 38.3 Å². The van der Waals surface area contributed by atoms with E-state index in [1.807, 2.05) is 0 Å². The predicted molar refractivity (Wildman–Crippen MR) is 70.4 cm³/mol. The number of nitro groups is 1. The van der Waals surface area contributed by atoms with E-state index in [1.165, 1.54) is 13.2 Å². The molecule has 0 N–H and O–H groups in total. The third-order valence-corrected chi connectivity index (χ3v) is 3.43. The topological polar surface area (TPSA) is 64.8 Å². The van der Waals surface area contributed by atoms with E-state index in [2.05, 4.69) is 20.8 Å². The predicted octanol–water partition coefficient (Wildman–Crippen LogP) is 2.20. The standard InChI is InChI=1S/C11H13BrN2O4/c1-17-11-6-8(12)9(7-10(11)14(15)16)13-2-4-18-5-3-13/h6-7H,2-5H2,1H3. The molecule has 1 fully saturated rings. The summed E-state index contributed by atoms with van der Waals surface area (Å²) in [4.78, 5) is 12.6. The average molecular weight is 317 g/mol. The van der Waals surface area contributed by atoms with Gasteiger partial charge in [-0.25, -0.2) is 0 Å². The molecule has 6 nitrogen and oxygen atoms in total. The monoisotopic (exact) mass is 316 g/mol. The highest BCUT2D eigenvalue weighted by Gasteiger charge is 2.22. The third kappa shape index (κ3) is 2.56. The molecule has 1 heterocycles. The Morgan fingerprint density at radius 1 is 1.44 bits per heavy atom. The van der Waals surface area contributed by atoms with Crippen molar-refractivity contribution in [2.45, 2.75) is 0 Å². The molecule has 0 atom stereocenters. The molecule has 1 aliphatic rings. The largest absolute Gasteiger partial charge is 0.490 e. The smallest absolute Gasteiger partial charge is 0.313 e. The average Bonchev–Trinajstić information content (AvgIpc) is 2.39. The van der Waals surface area contributed by atoms with Crippen LogP contribution in [0, 0.1) is 10.1 Å². The molecule has 7 heteroatoms. The Kier molecular flexibility index (Phi) is 4.03. The number of morpholine rings is 1. The number of hydrogen-bond donors (Lipinski definition) is 0. The van der Waals surface area contributed by atoms with Crippen LogP contribution in [-0.4, -0.2) is 38.3 Å². The maximum Gasteiger partial charge on any atom is 0.313 e. The molecular weight excluding hydrogens is 304 g/mol. The van der Waals surface area contributed by atoms with Gasteiger partial charge in [-0.1, -0.05) is 0 Å². The first-order chi connectivity index (χ1) is 8.63. The van der Waals surface area contributed by atoms with Crippen LogP contribution in [0.2, 0.25) is 0 Å². The van der Waals surface area contributed by atoms with E-state index >= 15 is 0 Å². The number of nitrogens with zero attached hydrogens (tertiary/aromatic N) is 2. The van der Waals surface area contributed by atoms with Crippen LogP contribution in [0.5, 0.6) is 5.75 Å². The molecular formula is C11H13BrN2O4. The van der Waals surface area contributed by atoms with Gasteiger partial charge in [0.15, 0.2) is 5.75 Å². The molecule has 0 aromatic heterocycles. The van der Waals surface area contributed by atoms with Crippen molar-refractivity contribution in [2.24, 2.45) is 0 Å². The second kappa shape index (κ2) is 5.53.